The Morgan fingerprint density at radius 1 is 1.38 bits per heavy atom. The molecule has 0 spiro atoms. The van der Waals surface area contributed by atoms with E-state index in [0.717, 1.165) is 31.4 Å². The van der Waals surface area contributed by atoms with E-state index in [1.54, 1.807) is 11.3 Å². The highest BCUT2D eigenvalue weighted by Crippen LogP contribution is 2.16. The molecule has 0 aromatic carbocycles. The molecule has 2 heterocycles. The largest absolute Gasteiger partial charge is 0.356 e. The molecule has 0 saturated carbocycles. The molecular weight excluding hydrogens is 433 g/mol. The van der Waals surface area contributed by atoms with Crippen molar-refractivity contribution in [2.24, 2.45) is 10.9 Å². The predicted molar refractivity (Wildman–Crippen MR) is 115 cm³/mol. The molecule has 2 rings (SSSR count). The maximum Gasteiger partial charge on any atom is 0.190 e. The molecule has 7 heteroatoms. The fourth-order valence-electron chi connectivity index (χ4n) is 3.00. The van der Waals surface area contributed by atoms with E-state index >= 15 is 0 Å². The van der Waals surface area contributed by atoms with Gasteiger partial charge in [-0.15, -0.1) is 35.3 Å². The normalized spacial score (nSPS) is 16.7. The van der Waals surface area contributed by atoms with E-state index in [1.165, 1.54) is 48.8 Å². The number of aromatic nitrogens is 1. The molecule has 5 nitrogen and oxygen atoms in total. The highest BCUT2D eigenvalue weighted by atomic mass is 127. The molecule has 0 aliphatic carbocycles. The average Bonchev–Trinajstić information content (AvgIpc) is 2.98. The molecule has 1 saturated heterocycles. The van der Waals surface area contributed by atoms with E-state index in [9.17, 15) is 0 Å². The van der Waals surface area contributed by atoms with Gasteiger partial charge in [0.15, 0.2) is 5.96 Å². The molecular formula is C17H32IN5S. The molecule has 1 aliphatic rings. The lowest BCUT2D eigenvalue weighted by molar-refractivity contribution is 0.185. The minimum atomic E-state index is 0. The Morgan fingerprint density at radius 3 is 2.71 bits per heavy atom. The summed E-state index contributed by atoms with van der Waals surface area (Å²) in [6.07, 6.45) is 6.75. The number of rotatable bonds is 7. The minimum Gasteiger partial charge on any atom is -0.356 e. The van der Waals surface area contributed by atoms with Crippen molar-refractivity contribution < 1.29 is 0 Å². The second kappa shape index (κ2) is 12.0. The fourth-order valence-corrected chi connectivity index (χ4v) is 3.78. The van der Waals surface area contributed by atoms with Crippen molar-refractivity contribution in [3.8, 4) is 0 Å². The third-order valence-corrected chi connectivity index (χ3v) is 5.30. The maximum atomic E-state index is 4.39. The van der Waals surface area contributed by atoms with Crippen LogP contribution in [0.25, 0.3) is 0 Å². The van der Waals surface area contributed by atoms with Gasteiger partial charge in [-0.1, -0.05) is 6.92 Å². The number of piperidine rings is 1. The van der Waals surface area contributed by atoms with Crippen molar-refractivity contribution in [3.63, 3.8) is 0 Å². The van der Waals surface area contributed by atoms with Crippen LogP contribution in [0.1, 0.15) is 36.1 Å². The number of aliphatic imine (C=N–C) groups is 1. The van der Waals surface area contributed by atoms with Crippen LogP contribution in [0.2, 0.25) is 0 Å². The smallest absolute Gasteiger partial charge is 0.190 e. The van der Waals surface area contributed by atoms with Crippen LogP contribution in [0.3, 0.4) is 0 Å². The lowest BCUT2D eigenvalue weighted by atomic mass is 9.97. The highest BCUT2D eigenvalue weighted by molar-refractivity contribution is 14.0. The van der Waals surface area contributed by atoms with E-state index in [4.69, 9.17) is 0 Å². The quantitative estimate of drug-likeness (QED) is 0.370. The molecule has 2 N–H and O–H groups in total. The summed E-state index contributed by atoms with van der Waals surface area (Å²) in [6, 6.07) is 0. The topological polar surface area (TPSA) is 52.5 Å². The molecule has 0 bridgehead atoms. The highest BCUT2D eigenvalue weighted by Gasteiger charge is 2.18. The third kappa shape index (κ3) is 7.65. The van der Waals surface area contributed by atoms with E-state index in [-0.39, 0.29) is 24.0 Å². The first-order valence-corrected chi connectivity index (χ1v) is 9.61. The van der Waals surface area contributed by atoms with Crippen molar-refractivity contribution in [2.75, 3.05) is 39.8 Å². The number of nitrogens with zero attached hydrogens (tertiary/aromatic N) is 3. The van der Waals surface area contributed by atoms with Crippen LogP contribution in [-0.2, 0) is 6.42 Å². The lowest BCUT2D eigenvalue weighted by Gasteiger charge is -2.32. The summed E-state index contributed by atoms with van der Waals surface area (Å²) in [7, 11) is 1.84. The number of halogens is 1. The third-order valence-electron chi connectivity index (χ3n) is 4.33. The first-order valence-electron chi connectivity index (χ1n) is 8.79. The molecule has 1 fully saturated rings. The molecule has 24 heavy (non-hydrogen) atoms. The summed E-state index contributed by atoms with van der Waals surface area (Å²) in [5, 5.41) is 8.06. The number of nitrogens with one attached hydrogen (secondary N) is 2. The zero-order chi connectivity index (χ0) is 16.5. The molecule has 0 radical (unpaired) electrons. The molecule has 0 atom stereocenters. The zero-order valence-corrected chi connectivity index (χ0v) is 18.3. The van der Waals surface area contributed by atoms with Crippen LogP contribution in [0.4, 0.5) is 0 Å². The second-order valence-corrected chi connectivity index (χ2v) is 7.60. The van der Waals surface area contributed by atoms with Crippen LogP contribution >= 0.6 is 35.3 Å². The number of likely N-dealkylation sites (tertiary alicyclic amines) is 1. The molecule has 1 aliphatic heterocycles. The van der Waals surface area contributed by atoms with Gasteiger partial charge >= 0.3 is 0 Å². The molecule has 138 valence electrons. The van der Waals surface area contributed by atoms with Gasteiger partial charge in [0.1, 0.15) is 0 Å². The van der Waals surface area contributed by atoms with Gasteiger partial charge in [0, 0.05) is 37.6 Å². The Kier molecular flexibility index (Phi) is 10.8. The minimum absolute atomic E-state index is 0. The molecule has 0 unspecified atom stereocenters. The summed E-state index contributed by atoms with van der Waals surface area (Å²) in [6.45, 7) is 10.00. The summed E-state index contributed by atoms with van der Waals surface area (Å²) < 4.78 is 0. The van der Waals surface area contributed by atoms with Gasteiger partial charge in [0.25, 0.3) is 0 Å². The number of thiazole rings is 1. The van der Waals surface area contributed by atoms with Crippen molar-refractivity contribution in [1.82, 2.24) is 20.5 Å². The Hall–Kier alpha value is -0.410. The number of hydrogen-bond donors (Lipinski definition) is 2. The predicted octanol–water partition coefficient (Wildman–Crippen LogP) is 2.90. The monoisotopic (exact) mass is 465 g/mol. The van der Waals surface area contributed by atoms with E-state index in [2.05, 4.69) is 39.4 Å². The van der Waals surface area contributed by atoms with Crippen molar-refractivity contribution in [2.45, 2.75) is 39.5 Å². The van der Waals surface area contributed by atoms with Crippen molar-refractivity contribution in [1.29, 1.82) is 0 Å². The summed E-state index contributed by atoms with van der Waals surface area (Å²) in [5.41, 5.74) is 0. The standard InChI is InChI=1S/C17H31N5S.HI/c1-4-9-22-10-6-15(7-11-22)13-21-17(18-3)19-8-5-16-20-12-14(2)23-16;/h12,15H,4-11,13H2,1-3H3,(H2,18,19,21);1H. The van der Waals surface area contributed by atoms with Gasteiger partial charge in [-0.3, -0.25) is 4.99 Å². The van der Waals surface area contributed by atoms with E-state index < -0.39 is 0 Å². The summed E-state index contributed by atoms with van der Waals surface area (Å²) in [4.78, 5) is 12.6. The van der Waals surface area contributed by atoms with E-state index in [0.29, 0.717) is 0 Å². The zero-order valence-electron chi connectivity index (χ0n) is 15.2. The van der Waals surface area contributed by atoms with Gasteiger partial charge in [-0.25, -0.2) is 4.98 Å². The first kappa shape index (κ1) is 21.6. The Labute approximate surface area is 167 Å². The van der Waals surface area contributed by atoms with Gasteiger partial charge in [-0.2, -0.15) is 0 Å². The number of aryl methyl sites for hydroxylation is 1. The van der Waals surface area contributed by atoms with Crippen LogP contribution in [0, 0.1) is 12.8 Å². The van der Waals surface area contributed by atoms with Crippen LogP contribution in [-0.4, -0.2) is 55.6 Å². The molecule has 1 aromatic rings. The second-order valence-electron chi connectivity index (χ2n) is 6.28. The Morgan fingerprint density at radius 2 is 2.12 bits per heavy atom. The van der Waals surface area contributed by atoms with Crippen molar-refractivity contribution in [3.05, 3.63) is 16.1 Å². The van der Waals surface area contributed by atoms with Crippen LogP contribution < -0.4 is 10.6 Å². The SMILES string of the molecule is CCCN1CCC(CNC(=NC)NCCc2ncc(C)s2)CC1.I. The Balaban J connectivity index is 0.00000288. The van der Waals surface area contributed by atoms with Crippen molar-refractivity contribution >= 4 is 41.3 Å². The summed E-state index contributed by atoms with van der Waals surface area (Å²) >= 11 is 1.77. The lowest BCUT2D eigenvalue weighted by Crippen LogP contribution is -2.43. The number of hydrogen-bond acceptors (Lipinski definition) is 4. The Bertz CT molecular complexity index is 483. The van der Waals surface area contributed by atoms with Gasteiger partial charge in [0.2, 0.25) is 0 Å². The van der Waals surface area contributed by atoms with Crippen LogP contribution in [0.5, 0.6) is 0 Å². The summed E-state index contributed by atoms with van der Waals surface area (Å²) in [5.74, 6) is 1.68. The molecule has 1 aromatic heterocycles. The maximum absolute atomic E-state index is 4.39. The van der Waals surface area contributed by atoms with E-state index in [1.807, 2.05) is 13.2 Å². The van der Waals surface area contributed by atoms with Gasteiger partial charge in [-0.05, 0) is 51.7 Å². The first-order chi connectivity index (χ1) is 11.2. The number of guanidine groups is 1. The average molecular weight is 465 g/mol. The molecule has 0 amide bonds. The van der Waals surface area contributed by atoms with Crippen LogP contribution in [0.15, 0.2) is 11.2 Å². The fraction of sp³-hybridized carbons (Fsp3) is 0.765. The van der Waals surface area contributed by atoms with Gasteiger partial charge in [0.05, 0.1) is 5.01 Å². The van der Waals surface area contributed by atoms with Gasteiger partial charge < -0.3 is 15.5 Å².